The first-order valence-corrected chi connectivity index (χ1v) is 11.1. The molecule has 0 bridgehead atoms. The Hall–Kier alpha value is -4.10. The Balaban J connectivity index is 1.72. The summed E-state index contributed by atoms with van der Waals surface area (Å²) in [6, 6.07) is 16.9. The summed E-state index contributed by atoms with van der Waals surface area (Å²) in [5.41, 5.74) is 6.14. The number of carboxylic acid groups (broad SMARTS) is 1. The zero-order valence-electron chi connectivity index (χ0n) is 18.5. The van der Waals surface area contributed by atoms with Gasteiger partial charge in [-0.05, 0) is 37.6 Å². The van der Waals surface area contributed by atoms with Crippen LogP contribution in [0.3, 0.4) is 0 Å². The molecule has 168 valence electrons. The van der Waals surface area contributed by atoms with E-state index in [1.807, 2.05) is 50.2 Å². The second-order valence-electron chi connectivity index (χ2n) is 8.03. The zero-order valence-corrected chi connectivity index (χ0v) is 19.2. The minimum Gasteiger partial charge on any atom is -0.476 e. The molecule has 0 aliphatic heterocycles. The van der Waals surface area contributed by atoms with Crippen molar-refractivity contribution >= 4 is 45.2 Å². The third-order valence-electron chi connectivity index (χ3n) is 5.63. The van der Waals surface area contributed by atoms with E-state index in [-0.39, 0.29) is 16.9 Å². The number of anilines is 1. The standard InChI is InChI=1S/C26H20ClN5O2/c1-14-12-17(15(2)30-19-8-9-20(27)31-24(19)26(33)34)22-18(13-14)23-25(29-11-10-28-23)21(32-22)16-6-4-3-5-7-16/h3-13,15,30H,1-2H3,(H,33,34)/t15-/m1/s1. The average molecular weight is 470 g/mol. The van der Waals surface area contributed by atoms with E-state index in [0.29, 0.717) is 5.69 Å². The number of hydrogen-bond donors (Lipinski definition) is 2. The van der Waals surface area contributed by atoms with Crippen molar-refractivity contribution in [1.82, 2.24) is 19.9 Å². The number of aromatic nitrogens is 4. The van der Waals surface area contributed by atoms with Crippen LogP contribution in [0.5, 0.6) is 0 Å². The summed E-state index contributed by atoms with van der Waals surface area (Å²) in [5.74, 6) is -1.16. The van der Waals surface area contributed by atoms with Gasteiger partial charge in [0.25, 0.3) is 0 Å². The Kier molecular flexibility index (Phi) is 5.55. The van der Waals surface area contributed by atoms with Gasteiger partial charge in [0.1, 0.15) is 16.2 Å². The summed E-state index contributed by atoms with van der Waals surface area (Å²) in [4.78, 5) is 30.0. The molecule has 34 heavy (non-hydrogen) atoms. The monoisotopic (exact) mass is 469 g/mol. The Bertz CT molecular complexity index is 1560. The van der Waals surface area contributed by atoms with E-state index in [1.54, 1.807) is 24.5 Å². The highest BCUT2D eigenvalue weighted by Gasteiger charge is 2.20. The van der Waals surface area contributed by atoms with E-state index in [9.17, 15) is 9.90 Å². The predicted octanol–water partition coefficient (Wildman–Crippen LogP) is 6.07. The molecule has 3 aromatic heterocycles. The fraction of sp³-hybridized carbons (Fsp3) is 0.115. The molecule has 0 fully saturated rings. The van der Waals surface area contributed by atoms with Crippen LogP contribution in [-0.2, 0) is 0 Å². The molecule has 0 aliphatic carbocycles. The largest absolute Gasteiger partial charge is 0.476 e. The van der Waals surface area contributed by atoms with Crippen LogP contribution in [0, 0.1) is 6.92 Å². The number of rotatable bonds is 5. The summed E-state index contributed by atoms with van der Waals surface area (Å²) < 4.78 is 0. The second kappa shape index (κ2) is 8.68. The lowest BCUT2D eigenvalue weighted by Gasteiger charge is -2.20. The number of nitrogens with one attached hydrogen (secondary N) is 1. The van der Waals surface area contributed by atoms with Gasteiger partial charge in [0.15, 0.2) is 5.69 Å². The van der Waals surface area contributed by atoms with Crippen molar-refractivity contribution in [2.45, 2.75) is 19.9 Å². The number of pyridine rings is 2. The maximum Gasteiger partial charge on any atom is 0.356 e. The van der Waals surface area contributed by atoms with Crippen molar-refractivity contribution in [3.63, 3.8) is 0 Å². The summed E-state index contributed by atoms with van der Waals surface area (Å²) in [6.07, 6.45) is 3.35. The number of nitrogens with zero attached hydrogens (tertiary/aromatic N) is 4. The van der Waals surface area contributed by atoms with Gasteiger partial charge in [0.2, 0.25) is 0 Å². The Labute approximate surface area is 200 Å². The van der Waals surface area contributed by atoms with E-state index in [1.165, 1.54) is 0 Å². The van der Waals surface area contributed by atoms with Crippen LogP contribution in [0.4, 0.5) is 5.69 Å². The first kappa shape index (κ1) is 21.7. The van der Waals surface area contributed by atoms with E-state index in [4.69, 9.17) is 16.6 Å². The smallest absolute Gasteiger partial charge is 0.356 e. The van der Waals surface area contributed by atoms with Crippen molar-refractivity contribution in [3.8, 4) is 11.3 Å². The fourth-order valence-corrected chi connectivity index (χ4v) is 4.29. The van der Waals surface area contributed by atoms with Crippen molar-refractivity contribution in [1.29, 1.82) is 0 Å². The van der Waals surface area contributed by atoms with Crippen LogP contribution in [0.25, 0.3) is 33.2 Å². The lowest BCUT2D eigenvalue weighted by Crippen LogP contribution is -2.13. The van der Waals surface area contributed by atoms with Gasteiger partial charge in [-0.3, -0.25) is 9.97 Å². The molecule has 7 nitrogen and oxygen atoms in total. The molecular formula is C26H20ClN5O2. The fourth-order valence-electron chi connectivity index (χ4n) is 4.14. The molecule has 3 heterocycles. The minimum atomic E-state index is -1.16. The number of aromatic carboxylic acids is 1. The quantitative estimate of drug-likeness (QED) is 0.238. The lowest BCUT2D eigenvalue weighted by atomic mass is 9.98. The number of fused-ring (bicyclic) bond motifs is 3. The van der Waals surface area contributed by atoms with E-state index in [0.717, 1.165) is 44.3 Å². The second-order valence-corrected chi connectivity index (χ2v) is 8.42. The molecule has 5 aromatic rings. The minimum absolute atomic E-state index is 0.121. The van der Waals surface area contributed by atoms with Crippen LogP contribution in [0.1, 0.15) is 34.6 Å². The zero-order chi connectivity index (χ0) is 23.8. The van der Waals surface area contributed by atoms with Gasteiger partial charge in [-0.2, -0.15) is 0 Å². The molecule has 0 spiro atoms. The van der Waals surface area contributed by atoms with Crippen molar-refractivity contribution < 1.29 is 9.90 Å². The molecule has 0 saturated heterocycles. The number of benzene rings is 2. The molecule has 0 unspecified atom stereocenters. The summed E-state index contributed by atoms with van der Waals surface area (Å²) >= 11 is 5.92. The first-order valence-electron chi connectivity index (χ1n) is 10.7. The molecule has 0 radical (unpaired) electrons. The van der Waals surface area contributed by atoms with E-state index < -0.39 is 5.97 Å². The highest BCUT2D eigenvalue weighted by molar-refractivity contribution is 6.29. The summed E-state index contributed by atoms with van der Waals surface area (Å²) in [6.45, 7) is 3.97. The van der Waals surface area contributed by atoms with Gasteiger partial charge < -0.3 is 10.4 Å². The summed E-state index contributed by atoms with van der Waals surface area (Å²) in [5, 5.41) is 13.9. The van der Waals surface area contributed by atoms with Crippen LogP contribution < -0.4 is 5.32 Å². The third kappa shape index (κ3) is 3.91. The highest BCUT2D eigenvalue weighted by atomic mass is 35.5. The Morgan fingerprint density at radius 1 is 0.971 bits per heavy atom. The SMILES string of the molecule is Cc1cc([C@@H](C)Nc2ccc(Cl)nc2C(=O)O)c2nc(-c3ccccc3)c3nccnc3c2c1. The Morgan fingerprint density at radius 2 is 1.71 bits per heavy atom. The first-order chi connectivity index (χ1) is 16.4. The van der Waals surface area contributed by atoms with Gasteiger partial charge >= 0.3 is 5.97 Å². The number of carboxylic acids is 1. The molecule has 0 amide bonds. The maximum absolute atomic E-state index is 11.7. The average Bonchev–Trinajstić information content (AvgIpc) is 2.84. The number of hydrogen-bond acceptors (Lipinski definition) is 6. The van der Waals surface area contributed by atoms with Crippen molar-refractivity contribution in [3.05, 3.63) is 89.0 Å². The predicted molar refractivity (Wildman–Crippen MR) is 133 cm³/mol. The third-order valence-corrected chi connectivity index (χ3v) is 5.85. The van der Waals surface area contributed by atoms with Gasteiger partial charge in [-0.25, -0.2) is 14.8 Å². The molecule has 8 heteroatoms. The van der Waals surface area contributed by atoms with Crippen molar-refractivity contribution in [2.75, 3.05) is 5.32 Å². The number of carbonyl (C=O) groups is 1. The molecule has 2 aromatic carbocycles. The number of halogens is 1. The molecule has 0 aliphatic rings. The van der Waals surface area contributed by atoms with E-state index >= 15 is 0 Å². The van der Waals surface area contributed by atoms with Crippen LogP contribution in [0.2, 0.25) is 5.15 Å². The van der Waals surface area contributed by atoms with Gasteiger partial charge in [0.05, 0.1) is 22.9 Å². The maximum atomic E-state index is 11.7. The normalized spacial score (nSPS) is 12.1. The van der Waals surface area contributed by atoms with Gasteiger partial charge in [-0.15, -0.1) is 0 Å². The molecule has 2 N–H and O–H groups in total. The van der Waals surface area contributed by atoms with Crippen molar-refractivity contribution in [2.24, 2.45) is 0 Å². The molecule has 5 rings (SSSR count). The topological polar surface area (TPSA) is 101 Å². The molecular weight excluding hydrogens is 450 g/mol. The van der Waals surface area contributed by atoms with Crippen LogP contribution in [-0.4, -0.2) is 31.0 Å². The van der Waals surface area contributed by atoms with Gasteiger partial charge in [0, 0.05) is 28.9 Å². The van der Waals surface area contributed by atoms with E-state index in [2.05, 4.69) is 26.3 Å². The molecule has 0 saturated carbocycles. The summed E-state index contributed by atoms with van der Waals surface area (Å²) in [7, 11) is 0. The van der Waals surface area contributed by atoms with Crippen LogP contribution >= 0.6 is 11.6 Å². The highest BCUT2D eigenvalue weighted by Crippen LogP contribution is 2.35. The number of aryl methyl sites for hydroxylation is 1. The lowest BCUT2D eigenvalue weighted by molar-refractivity contribution is 0.0691. The molecule has 1 atom stereocenters. The van der Waals surface area contributed by atoms with Crippen LogP contribution in [0.15, 0.2) is 67.0 Å². The Morgan fingerprint density at radius 3 is 2.44 bits per heavy atom. The van der Waals surface area contributed by atoms with Gasteiger partial charge in [-0.1, -0.05) is 48.0 Å².